The Bertz CT molecular complexity index is 934. The minimum Gasteiger partial charge on any atom is -0.483 e. The molecule has 0 heterocycles. The van der Waals surface area contributed by atoms with Crippen LogP contribution in [0.2, 0.25) is 0 Å². The molecule has 1 nitrogen and oxygen atoms in total. The summed E-state index contributed by atoms with van der Waals surface area (Å²) < 4.78 is 34.8. The number of unbranched alkanes of at least 4 members (excludes halogenated alkanes) is 2. The van der Waals surface area contributed by atoms with Crippen LogP contribution in [0.25, 0.3) is 10.8 Å². The summed E-state index contributed by atoms with van der Waals surface area (Å²) >= 11 is 0. The molecule has 2 saturated carbocycles. The fourth-order valence-electron chi connectivity index (χ4n) is 6.18. The van der Waals surface area contributed by atoms with Gasteiger partial charge in [-0.1, -0.05) is 69.4 Å². The minimum atomic E-state index is -0.623. The molecule has 0 aromatic heterocycles. The lowest BCUT2D eigenvalue weighted by atomic mass is 9.63. The van der Waals surface area contributed by atoms with Gasteiger partial charge in [-0.25, -0.2) is 8.78 Å². The number of rotatable bonds is 8. The molecule has 0 radical (unpaired) electrons. The SMILES string of the molecule is C/C=C/COc1c(F)cc2cc([C@@H]3CC[C@@H]4CC(CCCCC)CCC4C3)ccc2c1F. The number of allylic oxidation sites excluding steroid dienone is 1. The molecule has 4 rings (SSSR count). The largest absolute Gasteiger partial charge is 0.483 e. The van der Waals surface area contributed by atoms with Gasteiger partial charge in [-0.3, -0.25) is 0 Å². The molecule has 2 aromatic carbocycles. The van der Waals surface area contributed by atoms with Crippen LogP contribution < -0.4 is 4.74 Å². The topological polar surface area (TPSA) is 9.23 Å². The predicted octanol–water partition coefficient (Wildman–Crippen LogP) is 8.95. The summed E-state index contributed by atoms with van der Waals surface area (Å²) in [7, 11) is 0. The van der Waals surface area contributed by atoms with Crippen LogP contribution in [0, 0.1) is 29.4 Å². The zero-order valence-corrected chi connectivity index (χ0v) is 19.7. The van der Waals surface area contributed by atoms with E-state index in [4.69, 9.17) is 4.74 Å². The molecule has 2 fully saturated rings. The van der Waals surface area contributed by atoms with Crippen molar-refractivity contribution in [3.63, 3.8) is 0 Å². The molecule has 0 bridgehead atoms. The second kappa shape index (κ2) is 10.8. The van der Waals surface area contributed by atoms with E-state index < -0.39 is 11.6 Å². The molecule has 4 atom stereocenters. The maximum absolute atomic E-state index is 14.9. The van der Waals surface area contributed by atoms with Crippen LogP contribution in [0.5, 0.6) is 5.75 Å². The lowest BCUT2D eigenvalue weighted by molar-refractivity contribution is 0.113. The second-order valence-corrected chi connectivity index (χ2v) is 10.1. The van der Waals surface area contributed by atoms with E-state index in [0.29, 0.717) is 16.7 Å². The van der Waals surface area contributed by atoms with E-state index in [0.717, 1.165) is 17.8 Å². The number of fused-ring (bicyclic) bond motifs is 2. The normalized spacial score (nSPS) is 25.9. The molecule has 0 aliphatic heterocycles. The predicted molar refractivity (Wildman–Crippen MR) is 129 cm³/mol. The first-order valence-electron chi connectivity index (χ1n) is 12.8. The van der Waals surface area contributed by atoms with E-state index in [1.165, 1.54) is 75.8 Å². The van der Waals surface area contributed by atoms with Crippen LogP contribution in [0.1, 0.15) is 89.5 Å². The molecule has 2 aromatic rings. The first-order chi connectivity index (χ1) is 15.6. The van der Waals surface area contributed by atoms with E-state index in [9.17, 15) is 8.78 Å². The van der Waals surface area contributed by atoms with Gasteiger partial charge in [0.05, 0.1) is 0 Å². The molecule has 32 heavy (non-hydrogen) atoms. The Labute approximate surface area is 192 Å². The van der Waals surface area contributed by atoms with Crippen LogP contribution in [-0.2, 0) is 0 Å². The summed E-state index contributed by atoms with van der Waals surface area (Å²) in [6.45, 7) is 4.30. The van der Waals surface area contributed by atoms with Gasteiger partial charge in [-0.2, -0.15) is 0 Å². The molecule has 0 spiro atoms. The summed E-state index contributed by atoms with van der Waals surface area (Å²) in [6, 6.07) is 7.32. The first kappa shape index (κ1) is 23.3. The van der Waals surface area contributed by atoms with Gasteiger partial charge < -0.3 is 4.74 Å². The Morgan fingerprint density at radius 1 is 1.00 bits per heavy atom. The van der Waals surface area contributed by atoms with Crippen molar-refractivity contribution < 1.29 is 13.5 Å². The lowest BCUT2D eigenvalue weighted by Gasteiger charge is -2.42. The Balaban J connectivity index is 1.44. The number of halogens is 2. The molecule has 174 valence electrons. The highest BCUT2D eigenvalue weighted by Crippen LogP contribution is 2.48. The van der Waals surface area contributed by atoms with E-state index in [-0.39, 0.29) is 12.4 Å². The molecule has 0 saturated heterocycles. The minimum absolute atomic E-state index is 0.165. The van der Waals surface area contributed by atoms with Crippen LogP contribution in [-0.4, -0.2) is 6.61 Å². The van der Waals surface area contributed by atoms with E-state index in [1.54, 1.807) is 12.2 Å². The monoisotopic (exact) mass is 440 g/mol. The van der Waals surface area contributed by atoms with Crippen molar-refractivity contribution in [1.29, 1.82) is 0 Å². The third-order valence-corrected chi connectivity index (χ3v) is 7.98. The maximum Gasteiger partial charge on any atom is 0.191 e. The highest BCUT2D eigenvalue weighted by Gasteiger charge is 2.35. The highest BCUT2D eigenvalue weighted by molar-refractivity contribution is 5.85. The van der Waals surface area contributed by atoms with Crippen molar-refractivity contribution in [3.8, 4) is 5.75 Å². The summed E-state index contributed by atoms with van der Waals surface area (Å²) in [6.07, 6.45) is 16.9. The van der Waals surface area contributed by atoms with Crippen LogP contribution >= 0.6 is 0 Å². The van der Waals surface area contributed by atoms with Crippen LogP contribution in [0.15, 0.2) is 36.4 Å². The summed E-state index contributed by atoms with van der Waals surface area (Å²) in [5.74, 6) is 1.66. The van der Waals surface area contributed by atoms with E-state index in [2.05, 4.69) is 13.0 Å². The lowest BCUT2D eigenvalue weighted by Crippen LogP contribution is -2.30. The fraction of sp³-hybridized carbons (Fsp3) is 0.586. The van der Waals surface area contributed by atoms with Gasteiger partial charge in [-0.15, -0.1) is 0 Å². The average molecular weight is 441 g/mol. The Hall–Kier alpha value is -1.90. The molecule has 0 N–H and O–H groups in total. The first-order valence-corrected chi connectivity index (χ1v) is 12.8. The molecular weight excluding hydrogens is 402 g/mol. The Morgan fingerprint density at radius 2 is 1.81 bits per heavy atom. The van der Waals surface area contributed by atoms with Gasteiger partial charge in [0.1, 0.15) is 6.61 Å². The van der Waals surface area contributed by atoms with Crippen molar-refractivity contribution >= 4 is 10.8 Å². The number of hydrogen-bond donors (Lipinski definition) is 0. The van der Waals surface area contributed by atoms with Gasteiger partial charge in [0.15, 0.2) is 17.4 Å². The molecule has 3 heteroatoms. The average Bonchev–Trinajstić information content (AvgIpc) is 2.80. The van der Waals surface area contributed by atoms with Gasteiger partial charge in [0.2, 0.25) is 0 Å². The van der Waals surface area contributed by atoms with Crippen molar-refractivity contribution in [2.24, 2.45) is 17.8 Å². The number of benzene rings is 2. The Kier molecular flexibility index (Phi) is 7.86. The third-order valence-electron chi connectivity index (χ3n) is 7.98. The van der Waals surface area contributed by atoms with Gasteiger partial charge in [-0.05, 0) is 79.7 Å². The Morgan fingerprint density at radius 3 is 2.62 bits per heavy atom. The summed E-state index contributed by atoms with van der Waals surface area (Å²) in [4.78, 5) is 0. The molecular formula is C29H38F2O. The number of hydrogen-bond acceptors (Lipinski definition) is 1. The molecule has 2 aliphatic carbocycles. The summed E-state index contributed by atoms with van der Waals surface area (Å²) in [5.41, 5.74) is 1.24. The van der Waals surface area contributed by atoms with Gasteiger partial charge >= 0.3 is 0 Å². The van der Waals surface area contributed by atoms with E-state index in [1.807, 2.05) is 19.1 Å². The maximum atomic E-state index is 14.9. The van der Waals surface area contributed by atoms with Crippen molar-refractivity contribution in [3.05, 3.63) is 53.6 Å². The zero-order valence-electron chi connectivity index (χ0n) is 19.7. The van der Waals surface area contributed by atoms with Gasteiger partial charge in [0, 0.05) is 5.39 Å². The van der Waals surface area contributed by atoms with Crippen molar-refractivity contribution in [2.45, 2.75) is 84.0 Å². The highest BCUT2D eigenvalue weighted by atomic mass is 19.1. The smallest absolute Gasteiger partial charge is 0.191 e. The van der Waals surface area contributed by atoms with Crippen LogP contribution in [0.3, 0.4) is 0 Å². The third kappa shape index (κ3) is 5.18. The quantitative estimate of drug-likeness (QED) is 0.294. The van der Waals surface area contributed by atoms with E-state index >= 15 is 0 Å². The standard InChI is InChI=1S/C29H38F2O/c1-3-5-7-8-20-9-10-22-17-23(12-11-21(22)16-20)24-13-14-26-25(18-24)19-27(30)29(28(26)31)32-15-6-4-2/h4,6,13-14,18-23H,3,5,7-12,15-17H2,1-2H3/b6-4+/t20?,21-,22?,23-/m1/s1. The van der Waals surface area contributed by atoms with Crippen molar-refractivity contribution in [1.82, 2.24) is 0 Å². The fourth-order valence-corrected chi connectivity index (χ4v) is 6.18. The summed E-state index contributed by atoms with van der Waals surface area (Å²) in [5, 5.41) is 1.07. The number of ether oxygens (including phenoxy) is 1. The van der Waals surface area contributed by atoms with Crippen molar-refractivity contribution in [2.75, 3.05) is 6.61 Å². The molecule has 2 unspecified atom stereocenters. The molecule has 2 aliphatic rings. The van der Waals surface area contributed by atoms with Crippen LogP contribution in [0.4, 0.5) is 8.78 Å². The van der Waals surface area contributed by atoms with Gasteiger partial charge in [0.25, 0.3) is 0 Å². The second-order valence-electron chi connectivity index (χ2n) is 10.1. The zero-order chi connectivity index (χ0) is 22.5. The molecule has 0 amide bonds.